The molecule has 0 unspecified atom stereocenters. The first kappa shape index (κ1) is 21.9. The van der Waals surface area contributed by atoms with Gasteiger partial charge in [0.05, 0.1) is 17.3 Å². The van der Waals surface area contributed by atoms with Crippen LogP contribution in [0.2, 0.25) is 0 Å². The fraction of sp³-hybridized carbons (Fsp3) is 0.167. The molecule has 0 aliphatic heterocycles. The molecule has 0 fully saturated rings. The van der Waals surface area contributed by atoms with E-state index in [0.717, 1.165) is 35.3 Å². The van der Waals surface area contributed by atoms with E-state index < -0.39 is 35.9 Å². The van der Waals surface area contributed by atoms with Gasteiger partial charge in [-0.3, -0.25) is 4.79 Å². The monoisotopic (exact) mass is 442 g/mol. The van der Waals surface area contributed by atoms with Crippen molar-refractivity contribution in [1.29, 1.82) is 0 Å². The van der Waals surface area contributed by atoms with Crippen LogP contribution < -0.4 is 5.43 Å². The van der Waals surface area contributed by atoms with Crippen LogP contribution in [0.4, 0.5) is 26.3 Å². The normalized spacial score (nSPS) is 12.3. The Kier molecular flexibility index (Phi) is 6.04. The number of carbonyl (C=O) groups is 1. The van der Waals surface area contributed by atoms with Crippen LogP contribution in [0.1, 0.15) is 16.7 Å². The molecule has 3 aromatic rings. The van der Waals surface area contributed by atoms with Gasteiger partial charge in [-0.25, -0.2) is 5.43 Å². The van der Waals surface area contributed by atoms with Gasteiger partial charge in [-0.15, -0.1) is 10.2 Å². The lowest BCUT2D eigenvalue weighted by molar-refractivity contribution is -0.138. The minimum atomic E-state index is -4.53. The van der Waals surface area contributed by atoms with Gasteiger partial charge in [-0.1, -0.05) is 24.3 Å². The average molecular weight is 442 g/mol. The van der Waals surface area contributed by atoms with Crippen molar-refractivity contribution in [3.8, 4) is 11.4 Å². The zero-order valence-corrected chi connectivity index (χ0v) is 15.3. The first-order valence-electron chi connectivity index (χ1n) is 8.47. The molecule has 0 bridgehead atoms. The highest BCUT2D eigenvalue weighted by atomic mass is 19.4. The number of carbonyl (C=O) groups excluding carboxylic acids is 1. The van der Waals surface area contributed by atoms with Crippen molar-refractivity contribution in [1.82, 2.24) is 25.6 Å². The van der Waals surface area contributed by atoms with Crippen LogP contribution in [0.5, 0.6) is 0 Å². The van der Waals surface area contributed by atoms with E-state index in [-0.39, 0.29) is 11.4 Å². The molecule has 0 spiro atoms. The largest absolute Gasteiger partial charge is 0.416 e. The molecule has 1 heterocycles. The molecule has 0 radical (unpaired) electrons. The molecule has 31 heavy (non-hydrogen) atoms. The number of nitrogens with one attached hydrogen (secondary N) is 1. The highest BCUT2D eigenvalue weighted by Crippen LogP contribution is 2.31. The van der Waals surface area contributed by atoms with Crippen molar-refractivity contribution in [2.75, 3.05) is 0 Å². The third-order valence-corrected chi connectivity index (χ3v) is 3.83. The maximum absolute atomic E-state index is 12.8. The lowest BCUT2D eigenvalue weighted by Gasteiger charge is -2.06. The van der Waals surface area contributed by atoms with Crippen molar-refractivity contribution >= 4 is 12.1 Å². The summed E-state index contributed by atoms with van der Waals surface area (Å²) in [4.78, 5) is 12.7. The van der Waals surface area contributed by atoms with Gasteiger partial charge >= 0.3 is 12.4 Å². The van der Waals surface area contributed by atoms with Gasteiger partial charge in [0.2, 0.25) is 5.82 Å². The van der Waals surface area contributed by atoms with E-state index in [1.807, 2.05) is 0 Å². The number of halogens is 6. The predicted octanol–water partition coefficient (Wildman–Crippen LogP) is 3.53. The first-order valence-corrected chi connectivity index (χ1v) is 8.47. The maximum Gasteiger partial charge on any atom is 0.416 e. The molecule has 0 saturated heterocycles. The van der Waals surface area contributed by atoms with E-state index >= 15 is 0 Å². The first-order chi connectivity index (χ1) is 14.5. The highest BCUT2D eigenvalue weighted by Gasteiger charge is 2.31. The third kappa shape index (κ3) is 5.87. The predicted molar refractivity (Wildman–Crippen MR) is 95.4 cm³/mol. The van der Waals surface area contributed by atoms with Gasteiger partial charge in [0.15, 0.2) is 0 Å². The van der Waals surface area contributed by atoms with E-state index in [4.69, 9.17) is 0 Å². The molecule has 7 nitrogen and oxygen atoms in total. The third-order valence-electron chi connectivity index (χ3n) is 3.83. The molecule has 3 rings (SSSR count). The zero-order chi connectivity index (χ0) is 22.6. The summed E-state index contributed by atoms with van der Waals surface area (Å²) in [5.74, 6) is -0.789. The number of aromatic nitrogens is 4. The molecule has 0 aliphatic carbocycles. The Hall–Kier alpha value is -3.77. The summed E-state index contributed by atoms with van der Waals surface area (Å²) in [7, 11) is 0. The summed E-state index contributed by atoms with van der Waals surface area (Å²) in [6.45, 7) is -0.434. The smallest absolute Gasteiger partial charge is 0.271 e. The van der Waals surface area contributed by atoms with Crippen LogP contribution in [0, 0.1) is 0 Å². The highest BCUT2D eigenvalue weighted by molar-refractivity contribution is 5.82. The Morgan fingerprint density at radius 3 is 2.32 bits per heavy atom. The van der Waals surface area contributed by atoms with Crippen LogP contribution in [-0.4, -0.2) is 32.3 Å². The summed E-state index contributed by atoms with van der Waals surface area (Å²) in [6.07, 6.45) is -7.85. The number of tetrazole rings is 1. The van der Waals surface area contributed by atoms with Crippen molar-refractivity contribution in [2.24, 2.45) is 5.10 Å². The molecule has 2 aromatic carbocycles. The van der Waals surface area contributed by atoms with Gasteiger partial charge in [0.1, 0.15) is 6.54 Å². The van der Waals surface area contributed by atoms with Gasteiger partial charge in [-0.05, 0) is 35.0 Å². The zero-order valence-electron chi connectivity index (χ0n) is 15.3. The maximum atomic E-state index is 12.8. The average Bonchev–Trinajstić information content (AvgIpc) is 3.15. The number of hydrogen-bond donors (Lipinski definition) is 1. The number of benzene rings is 2. The summed E-state index contributed by atoms with van der Waals surface area (Å²) in [6, 6.07) is 8.42. The van der Waals surface area contributed by atoms with E-state index in [1.54, 1.807) is 0 Å². The molecule has 162 valence electrons. The van der Waals surface area contributed by atoms with Crippen molar-refractivity contribution < 1.29 is 31.1 Å². The molecular weight excluding hydrogens is 430 g/mol. The summed E-state index contributed by atoms with van der Waals surface area (Å²) >= 11 is 0. The lowest BCUT2D eigenvalue weighted by atomic mass is 10.1. The van der Waals surface area contributed by atoms with E-state index in [2.05, 4.69) is 25.9 Å². The second-order valence-corrected chi connectivity index (χ2v) is 6.13. The lowest BCUT2D eigenvalue weighted by Crippen LogP contribution is -2.24. The molecule has 13 heteroatoms. The standard InChI is InChI=1S/C18H12F6N6O/c19-17(20,21)13-6-4-11(5-7-13)9-25-26-15(31)10-30-28-16(27-29-30)12-2-1-3-14(8-12)18(22,23)24/h1-9H,10H2,(H,26,31). The minimum Gasteiger partial charge on any atom is -0.271 e. The van der Waals surface area contributed by atoms with Gasteiger partial charge in [0.25, 0.3) is 5.91 Å². The number of hydrazone groups is 1. The Morgan fingerprint density at radius 2 is 1.68 bits per heavy atom. The van der Waals surface area contributed by atoms with Crippen LogP contribution in [0.15, 0.2) is 53.6 Å². The second-order valence-electron chi connectivity index (χ2n) is 6.13. The number of alkyl halides is 6. The Labute approximate surface area is 170 Å². The molecule has 0 atom stereocenters. The minimum absolute atomic E-state index is 0.0711. The second kappa shape index (κ2) is 8.53. The van der Waals surface area contributed by atoms with Crippen LogP contribution >= 0.6 is 0 Å². The fourth-order valence-electron chi connectivity index (χ4n) is 2.36. The van der Waals surface area contributed by atoms with Crippen LogP contribution in [0.25, 0.3) is 11.4 Å². The topological polar surface area (TPSA) is 85.1 Å². The Bertz CT molecular complexity index is 1090. The summed E-state index contributed by atoms with van der Waals surface area (Å²) < 4.78 is 75.9. The van der Waals surface area contributed by atoms with E-state index in [1.165, 1.54) is 24.3 Å². The molecule has 1 amide bonds. The van der Waals surface area contributed by atoms with E-state index in [0.29, 0.717) is 5.56 Å². The van der Waals surface area contributed by atoms with Gasteiger partial charge in [0, 0.05) is 5.56 Å². The van der Waals surface area contributed by atoms with Gasteiger partial charge in [-0.2, -0.15) is 36.2 Å². The fourth-order valence-corrected chi connectivity index (χ4v) is 2.36. The number of amides is 1. The van der Waals surface area contributed by atoms with E-state index in [9.17, 15) is 31.1 Å². The summed E-state index contributed by atoms with van der Waals surface area (Å²) in [5.41, 5.74) is 0.828. The molecule has 1 aromatic heterocycles. The molecule has 0 saturated carbocycles. The van der Waals surface area contributed by atoms with Crippen molar-refractivity contribution in [2.45, 2.75) is 18.9 Å². The summed E-state index contributed by atoms with van der Waals surface area (Å²) in [5, 5.41) is 14.7. The van der Waals surface area contributed by atoms with Crippen molar-refractivity contribution in [3.05, 3.63) is 65.2 Å². The van der Waals surface area contributed by atoms with Gasteiger partial charge < -0.3 is 0 Å². The number of nitrogens with zero attached hydrogens (tertiary/aromatic N) is 5. The van der Waals surface area contributed by atoms with Crippen LogP contribution in [0.3, 0.4) is 0 Å². The van der Waals surface area contributed by atoms with Crippen molar-refractivity contribution in [3.63, 3.8) is 0 Å². The Morgan fingerprint density at radius 1 is 1.00 bits per heavy atom. The molecule has 0 aliphatic rings. The van der Waals surface area contributed by atoms with Crippen LogP contribution in [-0.2, 0) is 23.7 Å². The number of rotatable bonds is 5. The molecule has 1 N–H and O–H groups in total. The number of hydrogen-bond acceptors (Lipinski definition) is 5. The quantitative estimate of drug-likeness (QED) is 0.372. The SMILES string of the molecule is O=C(Cn1nnc(-c2cccc(C(F)(F)F)c2)n1)NN=Cc1ccc(C(F)(F)F)cc1. The molecular formula is C18H12F6N6O. The Balaban J connectivity index is 1.58.